The van der Waals surface area contributed by atoms with Crippen LogP contribution in [0, 0.1) is 6.92 Å². The highest BCUT2D eigenvalue weighted by molar-refractivity contribution is 7.26. The van der Waals surface area contributed by atoms with Gasteiger partial charge in [0.1, 0.15) is 5.58 Å². The second kappa shape index (κ2) is 10.6. The zero-order valence-corrected chi connectivity index (χ0v) is 27.1. The molecule has 2 nitrogen and oxygen atoms in total. The van der Waals surface area contributed by atoms with Crippen molar-refractivity contribution in [3.63, 3.8) is 0 Å². The Kier molecular flexibility index (Phi) is 5.99. The molecule has 0 aliphatic rings. The van der Waals surface area contributed by atoms with Gasteiger partial charge in [-0.15, -0.1) is 11.3 Å². The molecule has 3 heteroatoms. The third-order valence-electron chi connectivity index (χ3n) is 9.65. The number of anilines is 3. The van der Waals surface area contributed by atoms with Crippen LogP contribution in [0.2, 0.25) is 0 Å². The van der Waals surface area contributed by atoms with Gasteiger partial charge in [0, 0.05) is 53.0 Å². The number of rotatable bonds is 4. The smallest absolute Gasteiger partial charge is 0.159 e. The second-order valence-electron chi connectivity index (χ2n) is 12.6. The molecule has 2 heterocycles. The lowest BCUT2D eigenvalue weighted by molar-refractivity contribution is 0.670. The molecule has 0 saturated heterocycles. The third-order valence-corrected chi connectivity index (χ3v) is 10.9. The minimum atomic E-state index is 0.878. The topological polar surface area (TPSA) is 16.4 Å². The van der Waals surface area contributed by atoms with Gasteiger partial charge in [-0.25, -0.2) is 0 Å². The maximum atomic E-state index is 6.99. The molecule has 0 radical (unpaired) electrons. The van der Waals surface area contributed by atoms with Crippen LogP contribution in [0.15, 0.2) is 162 Å². The maximum Gasteiger partial charge on any atom is 0.159 e. The molecule has 10 aromatic rings. The van der Waals surface area contributed by atoms with Crippen LogP contribution >= 0.6 is 11.3 Å². The molecule has 226 valence electrons. The Balaban J connectivity index is 1.31. The summed E-state index contributed by atoms with van der Waals surface area (Å²) in [6.45, 7) is 2.16. The summed E-state index contributed by atoms with van der Waals surface area (Å²) in [4.78, 5) is 2.41. The number of hydrogen-bond donors (Lipinski definition) is 0. The highest BCUT2D eigenvalue weighted by Crippen LogP contribution is 2.49. The van der Waals surface area contributed by atoms with E-state index in [0.29, 0.717) is 0 Å². The fourth-order valence-electron chi connectivity index (χ4n) is 7.45. The van der Waals surface area contributed by atoms with Crippen molar-refractivity contribution >= 4 is 92.1 Å². The summed E-state index contributed by atoms with van der Waals surface area (Å²) in [5.74, 6) is 0. The number of nitrogens with zero attached hydrogens (tertiary/aromatic N) is 1. The van der Waals surface area contributed by atoms with E-state index in [0.717, 1.165) is 50.1 Å². The third kappa shape index (κ3) is 4.11. The number of thiophene rings is 1. The summed E-state index contributed by atoms with van der Waals surface area (Å²) >= 11 is 1.89. The van der Waals surface area contributed by atoms with Crippen LogP contribution in [-0.2, 0) is 0 Å². The van der Waals surface area contributed by atoms with Gasteiger partial charge in [-0.05, 0) is 65.2 Å². The molecule has 0 amide bonds. The van der Waals surface area contributed by atoms with Gasteiger partial charge in [-0.2, -0.15) is 0 Å². The summed E-state index contributed by atoms with van der Waals surface area (Å²) in [6, 6.07) is 57.0. The van der Waals surface area contributed by atoms with Crippen molar-refractivity contribution in [1.29, 1.82) is 0 Å². The van der Waals surface area contributed by atoms with Gasteiger partial charge in [-0.1, -0.05) is 121 Å². The number of aryl methyl sites for hydroxylation is 1. The minimum Gasteiger partial charge on any atom is -0.453 e. The Labute approximate surface area is 281 Å². The van der Waals surface area contributed by atoms with Crippen LogP contribution in [0.3, 0.4) is 0 Å². The van der Waals surface area contributed by atoms with Crippen molar-refractivity contribution < 1.29 is 4.42 Å². The summed E-state index contributed by atoms with van der Waals surface area (Å²) in [5.41, 5.74) is 8.48. The normalized spacial score (nSPS) is 11.9. The van der Waals surface area contributed by atoms with Gasteiger partial charge < -0.3 is 9.32 Å². The zero-order chi connectivity index (χ0) is 31.8. The van der Waals surface area contributed by atoms with Crippen LogP contribution in [0.25, 0.3) is 74.8 Å². The largest absolute Gasteiger partial charge is 0.453 e. The Morgan fingerprint density at radius 1 is 0.479 bits per heavy atom. The Morgan fingerprint density at radius 3 is 2.00 bits per heavy atom. The van der Waals surface area contributed by atoms with E-state index in [-0.39, 0.29) is 0 Å². The molecule has 0 aliphatic heterocycles. The fourth-order valence-corrected chi connectivity index (χ4v) is 8.70. The highest BCUT2D eigenvalue weighted by atomic mass is 32.1. The van der Waals surface area contributed by atoms with Crippen molar-refractivity contribution in [2.45, 2.75) is 6.92 Å². The van der Waals surface area contributed by atoms with E-state index >= 15 is 0 Å². The highest BCUT2D eigenvalue weighted by Gasteiger charge is 2.24. The van der Waals surface area contributed by atoms with Crippen LogP contribution in [0.1, 0.15) is 5.56 Å². The minimum absolute atomic E-state index is 0.878. The Morgan fingerprint density at radius 2 is 1.17 bits per heavy atom. The number of fused-ring (bicyclic) bond motifs is 9. The number of hydrogen-bond acceptors (Lipinski definition) is 3. The lowest BCUT2D eigenvalue weighted by Gasteiger charge is -2.27. The van der Waals surface area contributed by atoms with Crippen molar-refractivity contribution in [3.8, 4) is 11.1 Å². The van der Waals surface area contributed by atoms with E-state index < -0.39 is 0 Å². The molecular formula is C45H29NOS. The standard InChI is InChI=1S/C45H29NOS/c1-28-12-9-17-32(24-28)46(40-23-11-22-36-35-21-10-20-33(43(35)47-44(36)40)29-13-3-2-4-14-29)41-27-39-38-25-30-15-5-6-16-31(30)26-42(38)48-45(39)37-19-8-7-18-34(37)41/h2-27H,1H3. The molecule has 2 aromatic heterocycles. The number of benzene rings is 8. The van der Waals surface area contributed by atoms with Crippen molar-refractivity contribution in [3.05, 3.63) is 163 Å². The molecular weight excluding hydrogens is 603 g/mol. The van der Waals surface area contributed by atoms with E-state index in [4.69, 9.17) is 4.42 Å². The van der Waals surface area contributed by atoms with E-state index in [1.54, 1.807) is 0 Å². The van der Waals surface area contributed by atoms with E-state index in [1.165, 1.54) is 47.3 Å². The average Bonchev–Trinajstić information content (AvgIpc) is 3.70. The van der Waals surface area contributed by atoms with Gasteiger partial charge in [0.25, 0.3) is 0 Å². The lowest BCUT2D eigenvalue weighted by Crippen LogP contribution is -2.11. The van der Waals surface area contributed by atoms with Gasteiger partial charge in [0.2, 0.25) is 0 Å². The maximum absolute atomic E-state index is 6.99. The fraction of sp³-hybridized carbons (Fsp3) is 0.0222. The second-order valence-corrected chi connectivity index (χ2v) is 13.6. The molecule has 0 N–H and O–H groups in total. The molecule has 0 atom stereocenters. The predicted octanol–water partition coefficient (Wildman–Crippen LogP) is 13.7. The van der Waals surface area contributed by atoms with Gasteiger partial charge in [-0.3, -0.25) is 0 Å². The summed E-state index contributed by atoms with van der Waals surface area (Å²) < 4.78 is 9.61. The lowest BCUT2D eigenvalue weighted by atomic mass is 10.00. The van der Waals surface area contributed by atoms with Crippen LogP contribution in [-0.4, -0.2) is 0 Å². The van der Waals surface area contributed by atoms with Crippen molar-refractivity contribution in [2.24, 2.45) is 0 Å². The van der Waals surface area contributed by atoms with Crippen LogP contribution < -0.4 is 4.90 Å². The molecule has 10 rings (SSSR count). The summed E-state index contributed by atoms with van der Waals surface area (Å²) in [7, 11) is 0. The first-order chi connectivity index (χ1) is 23.7. The van der Waals surface area contributed by atoms with E-state index in [9.17, 15) is 0 Å². The average molecular weight is 632 g/mol. The van der Waals surface area contributed by atoms with Gasteiger partial charge >= 0.3 is 0 Å². The van der Waals surface area contributed by atoms with Crippen LogP contribution in [0.4, 0.5) is 17.1 Å². The molecule has 0 aliphatic carbocycles. The molecule has 0 unspecified atom stereocenters. The molecule has 0 bridgehead atoms. The molecule has 48 heavy (non-hydrogen) atoms. The van der Waals surface area contributed by atoms with Gasteiger partial charge in [0.05, 0.1) is 11.4 Å². The zero-order valence-electron chi connectivity index (χ0n) is 26.3. The first-order valence-electron chi connectivity index (χ1n) is 16.3. The first-order valence-corrected chi connectivity index (χ1v) is 17.2. The first kappa shape index (κ1) is 27.2. The Hall–Kier alpha value is -5.90. The summed E-state index contributed by atoms with van der Waals surface area (Å²) in [5, 5.41) is 9.79. The molecule has 0 saturated carbocycles. The number of para-hydroxylation sites is 2. The quantitative estimate of drug-likeness (QED) is 0.192. The summed E-state index contributed by atoms with van der Waals surface area (Å²) in [6.07, 6.45) is 0. The molecule has 8 aromatic carbocycles. The van der Waals surface area contributed by atoms with Crippen molar-refractivity contribution in [2.75, 3.05) is 4.90 Å². The molecule has 0 fully saturated rings. The van der Waals surface area contributed by atoms with Crippen LogP contribution in [0.5, 0.6) is 0 Å². The van der Waals surface area contributed by atoms with E-state index in [1.807, 2.05) is 11.3 Å². The number of furan rings is 1. The SMILES string of the molecule is Cc1cccc(N(c2cc3c4cc5ccccc5cc4sc3c3ccccc23)c2cccc3c2oc2c(-c4ccccc4)cccc23)c1. The monoisotopic (exact) mass is 631 g/mol. The Bertz CT molecular complexity index is 2860. The van der Waals surface area contributed by atoms with E-state index in [2.05, 4.69) is 170 Å². The van der Waals surface area contributed by atoms with Crippen molar-refractivity contribution in [1.82, 2.24) is 0 Å². The van der Waals surface area contributed by atoms with Gasteiger partial charge in [0.15, 0.2) is 5.58 Å². The predicted molar refractivity (Wildman–Crippen MR) is 206 cm³/mol. The molecule has 0 spiro atoms.